The molecule has 4 aromatic carbocycles. The molecule has 0 atom stereocenters. The lowest BCUT2D eigenvalue weighted by Crippen LogP contribution is -2.17. The molecule has 0 saturated heterocycles. The minimum atomic E-state index is -1.25. The molecule has 13 heteroatoms. The van der Waals surface area contributed by atoms with Crippen molar-refractivity contribution in [2.24, 2.45) is 0 Å². The third-order valence-electron chi connectivity index (χ3n) is 6.65. The van der Waals surface area contributed by atoms with Crippen LogP contribution in [0.5, 0.6) is 0 Å². The quantitative estimate of drug-likeness (QED) is 0.0665. The Morgan fingerprint density at radius 2 is 1.42 bits per heavy atom. The molecule has 11 nitrogen and oxygen atoms in total. The standard InChI is InChI=1S/C32H28Cl2N2O9/c1-42-32(40)21-6-7-22(17-44-41)29(15-21)35-27-9-4-18(13-25(27)33)11-19-5-10-28(26(34)14-19)36-30(37)24-12-20(16-45-43-2)3-8-23(24)31(38)39/h3-10,12-15,35,41H,11,16-17H2,1-2H3,(H,36,37)(H,38,39). The average molecular weight is 655 g/mol. The smallest absolute Gasteiger partial charge is 0.337 e. The number of esters is 1. The maximum Gasteiger partial charge on any atom is 0.337 e. The van der Waals surface area contributed by atoms with E-state index in [-0.39, 0.29) is 29.4 Å². The summed E-state index contributed by atoms with van der Waals surface area (Å²) in [4.78, 5) is 50.5. The highest BCUT2D eigenvalue weighted by molar-refractivity contribution is 6.34. The second-order valence-electron chi connectivity index (χ2n) is 9.64. The van der Waals surface area contributed by atoms with E-state index in [2.05, 4.69) is 20.4 Å². The van der Waals surface area contributed by atoms with Crippen LogP contribution in [-0.2, 0) is 39.0 Å². The highest BCUT2D eigenvalue weighted by Crippen LogP contribution is 2.31. The summed E-state index contributed by atoms with van der Waals surface area (Å²) in [7, 11) is 2.62. The molecule has 0 heterocycles. The fraction of sp³-hybridized carbons (Fsp3) is 0.156. The van der Waals surface area contributed by atoms with Gasteiger partial charge in [-0.3, -0.25) is 10.1 Å². The predicted molar refractivity (Wildman–Crippen MR) is 167 cm³/mol. The first kappa shape index (κ1) is 33.4. The molecule has 0 aliphatic carbocycles. The van der Waals surface area contributed by atoms with Crippen LogP contribution in [-0.4, -0.2) is 42.4 Å². The molecule has 0 fully saturated rings. The van der Waals surface area contributed by atoms with Gasteiger partial charge in [0.15, 0.2) is 0 Å². The number of hydrogen-bond donors (Lipinski definition) is 4. The van der Waals surface area contributed by atoms with Crippen molar-refractivity contribution < 1.29 is 44.1 Å². The Kier molecular flexibility index (Phi) is 11.5. The molecule has 4 N–H and O–H groups in total. The Hall–Kier alpha value is -4.49. The van der Waals surface area contributed by atoms with Crippen LogP contribution in [0.3, 0.4) is 0 Å². The number of carboxylic acid groups (broad SMARTS) is 1. The summed E-state index contributed by atoms with van der Waals surface area (Å²) in [5, 5.41) is 25.0. The number of rotatable bonds is 13. The summed E-state index contributed by atoms with van der Waals surface area (Å²) in [6.07, 6.45) is 0.458. The molecular formula is C32H28Cl2N2O9. The van der Waals surface area contributed by atoms with Gasteiger partial charge in [0.25, 0.3) is 5.91 Å². The number of carbonyl (C=O) groups excluding carboxylic acids is 2. The Morgan fingerprint density at radius 3 is 2.02 bits per heavy atom. The Balaban J connectivity index is 1.49. The average Bonchev–Trinajstić information content (AvgIpc) is 3.02. The minimum Gasteiger partial charge on any atom is -0.478 e. The summed E-state index contributed by atoms with van der Waals surface area (Å²) in [5.74, 6) is -2.43. The number of nitrogens with one attached hydrogen (secondary N) is 2. The number of methoxy groups -OCH3 is 1. The van der Waals surface area contributed by atoms with Crippen molar-refractivity contribution in [3.8, 4) is 0 Å². The lowest BCUT2D eigenvalue weighted by atomic mass is 10.0. The van der Waals surface area contributed by atoms with Crippen molar-refractivity contribution in [2.45, 2.75) is 19.6 Å². The van der Waals surface area contributed by atoms with E-state index in [1.54, 1.807) is 48.5 Å². The van der Waals surface area contributed by atoms with Gasteiger partial charge in [-0.15, -0.1) is 0 Å². The lowest BCUT2D eigenvalue weighted by Gasteiger charge is -2.15. The Bertz CT molecular complexity index is 1730. The van der Waals surface area contributed by atoms with Crippen molar-refractivity contribution in [3.63, 3.8) is 0 Å². The number of benzene rings is 4. The molecule has 0 saturated carbocycles. The van der Waals surface area contributed by atoms with Gasteiger partial charge in [0, 0.05) is 11.3 Å². The number of amides is 1. The van der Waals surface area contributed by atoms with Crippen LogP contribution in [0.1, 0.15) is 53.3 Å². The zero-order valence-corrected chi connectivity index (χ0v) is 25.6. The summed E-state index contributed by atoms with van der Waals surface area (Å²) in [6, 6.07) is 19.5. The summed E-state index contributed by atoms with van der Waals surface area (Å²) in [6.45, 7) is -0.0946. The number of ether oxygens (including phenoxy) is 1. The zero-order valence-electron chi connectivity index (χ0n) is 24.1. The molecule has 4 rings (SSSR count). The number of aromatic carboxylic acids is 1. The Labute approximate surface area is 268 Å². The lowest BCUT2D eigenvalue weighted by molar-refractivity contribution is -0.282. The van der Waals surface area contributed by atoms with Gasteiger partial charge in [-0.25, -0.2) is 24.3 Å². The molecule has 0 radical (unpaired) electrons. The molecule has 0 unspecified atom stereocenters. The fourth-order valence-electron chi connectivity index (χ4n) is 4.43. The second-order valence-corrected chi connectivity index (χ2v) is 10.4. The number of carbonyl (C=O) groups is 3. The summed E-state index contributed by atoms with van der Waals surface area (Å²) in [5.41, 5.74) is 4.24. The highest BCUT2D eigenvalue weighted by Gasteiger charge is 2.19. The molecule has 234 valence electrons. The van der Waals surface area contributed by atoms with Gasteiger partial charge in [0.05, 0.1) is 52.3 Å². The second kappa shape index (κ2) is 15.5. The van der Waals surface area contributed by atoms with Gasteiger partial charge in [0.1, 0.15) is 13.2 Å². The molecule has 4 aromatic rings. The molecule has 0 bridgehead atoms. The van der Waals surface area contributed by atoms with Gasteiger partial charge in [-0.1, -0.05) is 47.5 Å². The van der Waals surface area contributed by atoms with E-state index in [1.165, 1.54) is 32.4 Å². The van der Waals surface area contributed by atoms with E-state index in [0.29, 0.717) is 45.2 Å². The molecular weight excluding hydrogens is 627 g/mol. The third kappa shape index (κ3) is 8.58. The van der Waals surface area contributed by atoms with E-state index < -0.39 is 17.8 Å². The van der Waals surface area contributed by atoms with E-state index in [0.717, 1.165) is 11.1 Å². The van der Waals surface area contributed by atoms with Crippen molar-refractivity contribution in [3.05, 3.63) is 122 Å². The van der Waals surface area contributed by atoms with Crippen molar-refractivity contribution in [1.29, 1.82) is 0 Å². The molecule has 0 spiro atoms. The van der Waals surface area contributed by atoms with Crippen LogP contribution in [0.2, 0.25) is 10.0 Å². The molecule has 1 amide bonds. The van der Waals surface area contributed by atoms with Crippen LogP contribution in [0.25, 0.3) is 0 Å². The molecule has 45 heavy (non-hydrogen) atoms. The van der Waals surface area contributed by atoms with E-state index in [1.807, 2.05) is 6.07 Å². The van der Waals surface area contributed by atoms with Crippen molar-refractivity contribution in [1.82, 2.24) is 0 Å². The first-order valence-electron chi connectivity index (χ1n) is 13.3. The van der Waals surface area contributed by atoms with Gasteiger partial charge in [-0.05, 0) is 71.6 Å². The number of halogens is 2. The van der Waals surface area contributed by atoms with Crippen LogP contribution < -0.4 is 10.6 Å². The maximum absolute atomic E-state index is 13.1. The SMILES string of the molecule is COOCc1ccc(C(=O)O)c(C(=O)Nc2ccc(Cc3ccc(Nc4cc(C(=O)OC)ccc4COO)c(Cl)c3)cc2Cl)c1. The maximum atomic E-state index is 13.1. The van der Waals surface area contributed by atoms with Crippen LogP contribution in [0.4, 0.5) is 17.1 Å². The van der Waals surface area contributed by atoms with Crippen LogP contribution in [0.15, 0.2) is 72.8 Å². The van der Waals surface area contributed by atoms with Gasteiger partial charge in [0.2, 0.25) is 0 Å². The monoisotopic (exact) mass is 654 g/mol. The highest BCUT2D eigenvalue weighted by atomic mass is 35.5. The topological polar surface area (TPSA) is 153 Å². The summed E-state index contributed by atoms with van der Waals surface area (Å²) < 4.78 is 4.79. The third-order valence-corrected chi connectivity index (χ3v) is 7.27. The van der Waals surface area contributed by atoms with E-state index in [4.69, 9.17) is 38.1 Å². The Morgan fingerprint density at radius 1 is 0.756 bits per heavy atom. The van der Waals surface area contributed by atoms with Gasteiger partial charge < -0.3 is 20.5 Å². The van der Waals surface area contributed by atoms with Crippen molar-refractivity contribution >= 4 is 58.1 Å². The first-order chi connectivity index (χ1) is 21.6. The number of anilines is 3. The fourth-order valence-corrected chi connectivity index (χ4v) is 4.93. The van der Waals surface area contributed by atoms with E-state index in [9.17, 15) is 19.5 Å². The molecule has 0 aliphatic heterocycles. The predicted octanol–water partition coefficient (Wildman–Crippen LogP) is 7.13. The summed E-state index contributed by atoms with van der Waals surface area (Å²) >= 11 is 13.1. The number of carboxylic acids is 1. The minimum absolute atomic E-state index is 0.0233. The molecule has 0 aromatic heterocycles. The first-order valence-corrected chi connectivity index (χ1v) is 14.0. The van der Waals surface area contributed by atoms with Crippen molar-refractivity contribution in [2.75, 3.05) is 24.9 Å². The number of hydrogen-bond acceptors (Lipinski definition) is 9. The van der Waals surface area contributed by atoms with Crippen LogP contribution >= 0.6 is 23.2 Å². The van der Waals surface area contributed by atoms with Gasteiger partial charge >= 0.3 is 11.9 Å². The normalized spacial score (nSPS) is 10.8. The van der Waals surface area contributed by atoms with Crippen LogP contribution in [0, 0.1) is 0 Å². The molecule has 0 aliphatic rings. The zero-order chi connectivity index (χ0) is 32.5. The van der Waals surface area contributed by atoms with Gasteiger partial charge in [-0.2, -0.15) is 0 Å². The largest absolute Gasteiger partial charge is 0.478 e. The van der Waals surface area contributed by atoms with E-state index >= 15 is 0 Å².